The second kappa shape index (κ2) is 7.79. The molecule has 0 aliphatic heterocycles. The van der Waals surface area contributed by atoms with Gasteiger partial charge in [0.25, 0.3) is 0 Å². The van der Waals surface area contributed by atoms with E-state index in [2.05, 4.69) is 20.9 Å². The monoisotopic (exact) mass is 314 g/mol. The molecule has 0 fully saturated rings. The summed E-state index contributed by atoms with van der Waals surface area (Å²) < 4.78 is 4.93. The number of anilines is 2. The lowest BCUT2D eigenvalue weighted by atomic mass is 10.2. The molecule has 3 amide bonds. The van der Waals surface area contributed by atoms with Crippen molar-refractivity contribution in [1.29, 1.82) is 0 Å². The van der Waals surface area contributed by atoms with Crippen molar-refractivity contribution in [3.05, 3.63) is 48.2 Å². The number of carbonyl (C=O) groups excluding carboxylic acids is 2. The van der Waals surface area contributed by atoms with Crippen molar-refractivity contribution < 1.29 is 14.3 Å². The predicted molar refractivity (Wildman–Crippen MR) is 87.6 cm³/mol. The van der Waals surface area contributed by atoms with Crippen molar-refractivity contribution in [1.82, 2.24) is 10.3 Å². The second-order valence-electron chi connectivity index (χ2n) is 4.81. The Hall–Kier alpha value is -3.09. The number of nitrogens with zero attached hydrogens (tertiary/aromatic N) is 1. The highest BCUT2D eigenvalue weighted by atomic mass is 16.5. The first kappa shape index (κ1) is 16.3. The molecule has 0 saturated carbocycles. The maximum absolute atomic E-state index is 11.8. The standard InChI is InChI=1S/C16H18N4O3/c1-11-4-3-5-12(8-11)20-16(22)18-10-14(21)19-13-6-7-15(23-2)17-9-13/h3-9H,10H2,1-2H3,(H,19,21)(H2,18,20,22). The molecule has 3 N–H and O–H groups in total. The van der Waals surface area contributed by atoms with Crippen LogP contribution in [-0.2, 0) is 4.79 Å². The van der Waals surface area contributed by atoms with E-state index in [1.54, 1.807) is 18.2 Å². The molecular weight excluding hydrogens is 296 g/mol. The van der Waals surface area contributed by atoms with E-state index in [1.165, 1.54) is 13.3 Å². The average Bonchev–Trinajstić information content (AvgIpc) is 2.54. The lowest BCUT2D eigenvalue weighted by Crippen LogP contribution is -2.35. The zero-order valence-electron chi connectivity index (χ0n) is 12.9. The summed E-state index contributed by atoms with van der Waals surface area (Å²) in [6.07, 6.45) is 1.48. The Morgan fingerprint density at radius 3 is 2.61 bits per heavy atom. The van der Waals surface area contributed by atoms with Gasteiger partial charge in [-0.1, -0.05) is 12.1 Å². The van der Waals surface area contributed by atoms with Crippen LogP contribution in [0.25, 0.3) is 0 Å². The number of benzene rings is 1. The van der Waals surface area contributed by atoms with E-state index >= 15 is 0 Å². The highest BCUT2D eigenvalue weighted by molar-refractivity contribution is 5.96. The molecule has 0 aliphatic carbocycles. The molecule has 0 aliphatic rings. The molecule has 0 spiro atoms. The number of rotatable bonds is 5. The number of urea groups is 1. The third kappa shape index (κ3) is 5.31. The van der Waals surface area contributed by atoms with Crippen LogP contribution in [0.15, 0.2) is 42.6 Å². The average molecular weight is 314 g/mol. The molecule has 23 heavy (non-hydrogen) atoms. The van der Waals surface area contributed by atoms with Gasteiger partial charge in [0.2, 0.25) is 11.8 Å². The number of ether oxygens (including phenoxy) is 1. The molecule has 1 aromatic carbocycles. The van der Waals surface area contributed by atoms with Gasteiger partial charge in [-0.25, -0.2) is 9.78 Å². The first-order valence-corrected chi connectivity index (χ1v) is 6.98. The highest BCUT2D eigenvalue weighted by Crippen LogP contribution is 2.11. The molecule has 2 rings (SSSR count). The number of aromatic nitrogens is 1. The van der Waals surface area contributed by atoms with Gasteiger partial charge in [-0.15, -0.1) is 0 Å². The Morgan fingerprint density at radius 1 is 1.13 bits per heavy atom. The lowest BCUT2D eigenvalue weighted by molar-refractivity contribution is -0.115. The van der Waals surface area contributed by atoms with Crippen LogP contribution in [0.2, 0.25) is 0 Å². The van der Waals surface area contributed by atoms with Gasteiger partial charge in [0.15, 0.2) is 0 Å². The van der Waals surface area contributed by atoms with Gasteiger partial charge < -0.3 is 20.7 Å². The van der Waals surface area contributed by atoms with Gasteiger partial charge in [0.1, 0.15) is 0 Å². The van der Waals surface area contributed by atoms with E-state index in [4.69, 9.17) is 4.74 Å². The van der Waals surface area contributed by atoms with E-state index in [1.807, 2.05) is 25.1 Å². The molecule has 1 aromatic heterocycles. The van der Waals surface area contributed by atoms with Crippen molar-refractivity contribution in [3.63, 3.8) is 0 Å². The van der Waals surface area contributed by atoms with Crippen LogP contribution >= 0.6 is 0 Å². The van der Waals surface area contributed by atoms with E-state index < -0.39 is 6.03 Å². The van der Waals surface area contributed by atoms with Crippen LogP contribution in [0.5, 0.6) is 5.88 Å². The fourth-order valence-corrected chi connectivity index (χ4v) is 1.84. The Kier molecular flexibility index (Phi) is 5.51. The van der Waals surface area contributed by atoms with Crippen molar-refractivity contribution in [2.75, 3.05) is 24.3 Å². The number of aryl methyl sites for hydroxylation is 1. The van der Waals surface area contributed by atoms with E-state index in [9.17, 15) is 9.59 Å². The topological polar surface area (TPSA) is 92.4 Å². The van der Waals surface area contributed by atoms with Crippen molar-refractivity contribution in [2.24, 2.45) is 0 Å². The maximum Gasteiger partial charge on any atom is 0.319 e. The Bertz CT molecular complexity index is 686. The fraction of sp³-hybridized carbons (Fsp3) is 0.188. The molecule has 7 heteroatoms. The number of nitrogens with one attached hydrogen (secondary N) is 3. The summed E-state index contributed by atoms with van der Waals surface area (Å²) in [5, 5.41) is 7.77. The third-order valence-electron chi connectivity index (χ3n) is 2.91. The fourth-order valence-electron chi connectivity index (χ4n) is 1.84. The predicted octanol–water partition coefficient (Wildman–Crippen LogP) is 2.16. The van der Waals surface area contributed by atoms with Crippen LogP contribution < -0.4 is 20.7 Å². The molecule has 2 aromatic rings. The van der Waals surface area contributed by atoms with Gasteiger partial charge >= 0.3 is 6.03 Å². The number of amides is 3. The molecule has 0 bridgehead atoms. The maximum atomic E-state index is 11.8. The van der Waals surface area contributed by atoms with E-state index in [0.29, 0.717) is 17.3 Å². The molecule has 1 heterocycles. The molecule has 0 saturated heterocycles. The zero-order chi connectivity index (χ0) is 16.7. The van der Waals surface area contributed by atoms with E-state index in [0.717, 1.165) is 5.56 Å². The van der Waals surface area contributed by atoms with Crippen LogP contribution in [0, 0.1) is 6.92 Å². The van der Waals surface area contributed by atoms with Gasteiger partial charge in [-0.05, 0) is 30.7 Å². The molecule has 0 radical (unpaired) electrons. The van der Waals surface area contributed by atoms with Crippen LogP contribution in [0.3, 0.4) is 0 Å². The lowest BCUT2D eigenvalue weighted by Gasteiger charge is -2.09. The Morgan fingerprint density at radius 2 is 1.96 bits per heavy atom. The largest absolute Gasteiger partial charge is 0.481 e. The number of hydrogen-bond donors (Lipinski definition) is 3. The summed E-state index contributed by atoms with van der Waals surface area (Å²) >= 11 is 0. The molecular formula is C16H18N4O3. The molecule has 0 atom stereocenters. The van der Waals surface area contributed by atoms with Crippen LogP contribution in [0.1, 0.15) is 5.56 Å². The number of pyridine rings is 1. The summed E-state index contributed by atoms with van der Waals surface area (Å²) in [4.78, 5) is 27.5. The minimum atomic E-state index is -0.446. The summed E-state index contributed by atoms with van der Waals surface area (Å²) in [7, 11) is 1.51. The number of carbonyl (C=O) groups is 2. The summed E-state index contributed by atoms with van der Waals surface area (Å²) in [5.41, 5.74) is 2.23. The van der Waals surface area contributed by atoms with Gasteiger partial charge in [-0.3, -0.25) is 4.79 Å². The molecule has 0 unspecified atom stereocenters. The smallest absolute Gasteiger partial charge is 0.319 e. The van der Waals surface area contributed by atoms with Crippen LogP contribution in [0.4, 0.5) is 16.2 Å². The minimum absolute atomic E-state index is 0.149. The molecule has 7 nitrogen and oxygen atoms in total. The van der Waals surface area contributed by atoms with Crippen molar-refractivity contribution in [2.45, 2.75) is 6.92 Å². The van der Waals surface area contributed by atoms with Gasteiger partial charge in [0.05, 0.1) is 25.5 Å². The third-order valence-corrected chi connectivity index (χ3v) is 2.91. The van der Waals surface area contributed by atoms with Gasteiger partial charge in [0, 0.05) is 11.8 Å². The summed E-state index contributed by atoms with van der Waals surface area (Å²) in [6, 6.07) is 10.2. The van der Waals surface area contributed by atoms with Gasteiger partial charge in [-0.2, -0.15) is 0 Å². The van der Waals surface area contributed by atoms with Crippen molar-refractivity contribution >= 4 is 23.3 Å². The summed E-state index contributed by atoms with van der Waals surface area (Å²) in [6.45, 7) is 1.78. The zero-order valence-corrected chi connectivity index (χ0v) is 12.9. The second-order valence-corrected chi connectivity index (χ2v) is 4.81. The SMILES string of the molecule is COc1ccc(NC(=O)CNC(=O)Nc2cccc(C)c2)cn1. The summed E-state index contributed by atoms with van der Waals surface area (Å²) in [5.74, 6) is 0.106. The Labute approximate surface area is 134 Å². The number of methoxy groups -OCH3 is 1. The molecule has 120 valence electrons. The highest BCUT2D eigenvalue weighted by Gasteiger charge is 2.06. The first-order chi connectivity index (χ1) is 11.1. The minimum Gasteiger partial charge on any atom is -0.481 e. The normalized spacial score (nSPS) is 9.83. The van der Waals surface area contributed by atoms with E-state index in [-0.39, 0.29) is 12.5 Å². The number of hydrogen-bond acceptors (Lipinski definition) is 4. The van der Waals surface area contributed by atoms with Crippen molar-refractivity contribution in [3.8, 4) is 5.88 Å². The Balaban J connectivity index is 1.78. The quantitative estimate of drug-likeness (QED) is 0.788. The first-order valence-electron chi connectivity index (χ1n) is 6.98. The van der Waals surface area contributed by atoms with Crippen LogP contribution in [-0.4, -0.2) is 30.6 Å².